The first-order valence-corrected chi connectivity index (χ1v) is 8.92. The molecule has 4 N–H and O–H groups in total. The number of fused-ring (bicyclic) bond motifs is 1. The van der Waals surface area contributed by atoms with Gasteiger partial charge in [0.05, 0.1) is 11.6 Å². The van der Waals surface area contributed by atoms with Crippen molar-refractivity contribution in [3.8, 4) is 0 Å². The van der Waals surface area contributed by atoms with E-state index >= 15 is 0 Å². The molecule has 3 aromatic rings. The third kappa shape index (κ3) is 3.94. The van der Waals surface area contributed by atoms with Crippen LogP contribution in [0.1, 0.15) is 38.8 Å². The highest BCUT2D eigenvalue weighted by Gasteiger charge is 2.19. The van der Waals surface area contributed by atoms with Crippen molar-refractivity contribution in [2.75, 3.05) is 17.2 Å². The van der Waals surface area contributed by atoms with E-state index in [1.807, 2.05) is 37.4 Å². The third-order valence-electron chi connectivity index (χ3n) is 4.64. The van der Waals surface area contributed by atoms with Gasteiger partial charge >= 0.3 is 0 Å². The summed E-state index contributed by atoms with van der Waals surface area (Å²) in [7, 11) is 1.88. The summed E-state index contributed by atoms with van der Waals surface area (Å²) in [4.78, 5) is 9.27. The molecule has 0 unspecified atom stereocenters. The van der Waals surface area contributed by atoms with Gasteiger partial charge in [-0.2, -0.15) is 15.1 Å². The van der Waals surface area contributed by atoms with E-state index < -0.39 is 0 Å². The maximum Gasteiger partial charge on any atom is 0.226 e. The fourth-order valence-electron chi connectivity index (χ4n) is 2.62. The number of aromatic nitrogens is 4. The van der Waals surface area contributed by atoms with Crippen molar-refractivity contribution in [3.63, 3.8) is 0 Å². The highest BCUT2D eigenvalue weighted by molar-refractivity contribution is 5.87. The number of nitrogens with two attached hydrogens (primary N) is 1. The topological polar surface area (TPSA) is 93.7 Å². The van der Waals surface area contributed by atoms with Crippen LogP contribution in [0.3, 0.4) is 0 Å². The van der Waals surface area contributed by atoms with Crippen molar-refractivity contribution in [1.29, 1.82) is 0 Å². The van der Waals surface area contributed by atoms with Crippen LogP contribution >= 0.6 is 0 Å². The second-order valence-corrected chi connectivity index (χ2v) is 7.16. The zero-order chi connectivity index (χ0) is 18.7. The van der Waals surface area contributed by atoms with Gasteiger partial charge in [0.1, 0.15) is 5.82 Å². The van der Waals surface area contributed by atoms with Crippen molar-refractivity contribution >= 4 is 22.8 Å². The fraction of sp³-hybridized carbons (Fsp3) is 0.421. The number of nitrogens with zero attached hydrogens (tertiary/aromatic N) is 4. The zero-order valence-electron chi connectivity index (χ0n) is 15.8. The van der Waals surface area contributed by atoms with Crippen molar-refractivity contribution < 1.29 is 0 Å². The number of aryl methyl sites for hydroxylation is 1. The smallest absolute Gasteiger partial charge is 0.226 e. The fourth-order valence-corrected chi connectivity index (χ4v) is 2.62. The van der Waals surface area contributed by atoms with Gasteiger partial charge in [-0.1, -0.05) is 37.3 Å². The molecule has 3 rings (SSSR count). The van der Waals surface area contributed by atoms with Crippen LogP contribution in [-0.4, -0.2) is 31.8 Å². The number of anilines is 2. The minimum atomic E-state index is -0.134. The maximum absolute atomic E-state index is 6.28. The highest BCUT2D eigenvalue weighted by Crippen LogP contribution is 2.25. The molecule has 1 atom stereocenters. The minimum absolute atomic E-state index is 0.0746. The standard InChI is InChI=1S/C19H27N7/c1-5-19(2,3)25-16-14-11-22-26(4)17(14)24-18(23-16)21-12-15(20)13-9-7-6-8-10-13/h6-11,15H,5,12,20H2,1-4H3,(H2,21,23,24,25)/t15-/m0/s1. The van der Waals surface area contributed by atoms with E-state index in [-0.39, 0.29) is 11.6 Å². The predicted molar refractivity (Wildman–Crippen MR) is 106 cm³/mol. The van der Waals surface area contributed by atoms with Gasteiger partial charge in [-0.3, -0.25) is 4.68 Å². The van der Waals surface area contributed by atoms with Crippen LogP contribution in [-0.2, 0) is 7.05 Å². The van der Waals surface area contributed by atoms with E-state index in [0.717, 1.165) is 28.8 Å². The van der Waals surface area contributed by atoms with E-state index in [9.17, 15) is 0 Å². The average Bonchev–Trinajstić information content (AvgIpc) is 3.01. The van der Waals surface area contributed by atoms with Crippen LogP contribution in [0.2, 0.25) is 0 Å². The Morgan fingerprint density at radius 1 is 1.19 bits per heavy atom. The van der Waals surface area contributed by atoms with Gasteiger partial charge in [0.2, 0.25) is 5.95 Å². The van der Waals surface area contributed by atoms with Crippen molar-refractivity contribution in [2.45, 2.75) is 38.8 Å². The number of rotatable bonds is 7. The summed E-state index contributed by atoms with van der Waals surface area (Å²) in [6.45, 7) is 6.99. The first-order valence-electron chi connectivity index (χ1n) is 8.92. The first-order chi connectivity index (χ1) is 12.4. The van der Waals surface area contributed by atoms with Gasteiger partial charge in [0.15, 0.2) is 5.65 Å². The monoisotopic (exact) mass is 353 g/mol. The molecule has 0 radical (unpaired) electrons. The molecule has 0 saturated heterocycles. The molecule has 7 nitrogen and oxygen atoms in total. The van der Waals surface area contributed by atoms with Crippen LogP contribution < -0.4 is 16.4 Å². The highest BCUT2D eigenvalue weighted by atomic mass is 15.3. The summed E-state index contributed by atoms with van der Waals surface area (Å²) in [6.07, 6.45) is 2.77. The van der Waals surface area contributed by atoms with Crippen LogP contribution in [0.5, 0.6) is 0 Å². The van der Waals surface area contributed by atoms with Gasteiger partial charge in [-0.25, -0.2) is 0 Å². The Kier molecular flexibility index (Phi) is 5.08. The molecule has 7 heteroatoms. The third-order valence-corrected chi connectivity index (χ3v) is 4.64. The molecule has 0 amide bonds. The van der Waals surface area contributed by atoms with Crippen LogP contribution in [0.4, 0.5) is 11.8 Å². The van der Waals surface area contributed by atoms with Gasteiger partial charge < -0.3 is 16.4 Å². The van der Waals surface area contributed by atoms with E-state index in [1.165, 1.54) is 0 Å². The second-order valence-electron chi connectivity index (χ2n) is 7.16. The lowest BCUT2D eigenvalue weighted by Crippen LogP contribution is -2.30. The Labute approximate surface area is 154 Å². The summed E-state index contributed by atoms with van der Waals surface area (Å²) in [5.74, 6) is 1.33. The average molecular weight is 353 g/mol. The zero-order valence-corrected chi connectivity index (χ0v) is 15.8. The quantitative estimate of drug-likeness (QED) is 0.604. The number of hydrogen-bond donors (Lipinski definition) is 3. The maximum atomic E-state index is 6.28. The lowest BCUT2D eigenvalue weighted by molar-refractivity contribution is 0.545. The molecule has 0 bridgehead atoms. The van der Waals surface area contributed by atoms with Gasteiger partial charge in [0.25, 0.3) is 0 Å². The lowest BCUT2D eigenvalue weighted by atomic mass is 10.0. The Morgan fingerprint density at radius 3 is 2.62 bits per heavy atom. The summed E-state index contributed by atoms with van der Waals surface area (Å²) >= 11 is 0. The molecule has 0 fully saturated rings. The molecule has 2 aromatic heterocycles. The second kappa shape index (κ2) is 7.29. The Bertz CT molecular complexity index is 870. The molecule has 0 spiro atoms. The molecular formula is C19H27N7. The molecule has 26 heavy (non-hydrogen) atoms. The minimum Gasteiger partial charge on any atom is -0.364 e. The van der Waals surface area contributed by atoms with Gasteiger partial charge in [-0.05, 0) is 25.8 Å². The summed E-state index contributed by atoms with van der Waals surface area (Å²) in [5, 5.41) is 12.0. The Morgan fingerprint density at radius 2 is 1.92 bits per heavy atom. The molecule has 138 valence electrons. The van der Waals surface area contributed by atoms with Crippen LogP contribution in [0.15, 0.2) is 36.5 Å². The van der Waals surface area contributed by atoms with E-state index in [0.29, 0.717) is 12.5 Å². The molecule has 0 aliphatic rings. The van der Waals surface area contributed by atoms with Gasteiger partial charge in [0, 0.05) is 25.2 Å². The van der Waals surface area contributed by atoms with Crippen molar-refractivity contribution in [1.82, 2.24) is 19.7 Å². The Balaban J connectivity index is 1.85. The number of hydrogen-bond acceptors (Lipinski definition) is 6. The SMILES string of the molecule is CCC(C)(C)Nc1nc(NC[C@H](N)c2ccccc2)nc2c1cnn2C. The van der Waals surface area contributed by atoms with E-state index in [1.54, 1.807) is 10.9 Å². The summed E-state index contributed by atoms with van der Waals surface area (Å²) < 4.78 is 1.75. The van der Waals surface area contributed by atoms with E-state index in [2.05, 4.69) is 46.5 Å². The largest absolute Gasteiger partial charge is 0.364 e. The molecule has 1 aromatic carbocycles. The molecule has 0 aliphatic carbocycles. The molecule has 0 saturated carbocycles. The van der Waals surface area contributed by atoms with Crippen molar-refractivity contribution in [2.24, 2.45) is 12.8 Å². The van der Waals surface area contributed by atoms with Crippen LogP contribution in [0, 0.1) is 0 Å². The number of benzene rings is 1. The predicted octanol–water partition coefficient (Wildman–Crippen LogP) is 3.08. The molecule has 2 heterocycles. The van der Waals surface area contributed by atoms with Crippen LogP contribution in [0.25, 0.3) is 11.0 Å². The summed E-state index contributed by atoms with van der Waals surface area (Å²) in [6, 6.07) is 9.87. The molecule has 0 aliphatic heterocycles. The molecular weight excluding hydrogens is 326 g/mol. The Hall–Kier alpha value is -2.67. The normalized spacial score (nSPS) is 13.0. The number of nitrogens with one attached hydrogen (secondary N) is 2. The van der Waals surface area contributed by atoms with Gasteiger partial charge in [-0.15, -0.1) is 0 Å². The van der Waals surface area contributed by atoms with Crippen molar-refractivity contribution in [3.05, 3.63) is 42.1 Å². The summed E-state index contributed by atoms with van der Waals surface area (Å²) in [5.41, 5.74) is 8.06. The lowest BCUT2D eigenvalue weighted by Gasteiger charge is -2.25. The first kappa shape index (κ1) is 18.1. The van der Waals surface area contributed by atoms with E-state index in [4.69, 9.17) is 5.73 Å².